The van der Waals surface area contributed by atoms with Crippen molar-refractivity contribution in [2.75, 3.05) is 5.75 Å². The van der Waals surface area contributed by atoms with Gasteiger partial charge in [-0.05, 0) is 12.5 Å². The molecule has 2 aromatic heterocycles. The zero-order valence-corrected chi connectivity index (χ0v) is 16.1. The number of amides is 3. The SMILES string of the molecule is Cc1nc(Cc2nnc(SCC(=O)NC(=O)NCc3ccccc3)o2)cs1. The van der Waals surface area contributed by atoms with E-state index in [0.717, 1.165) is 28.0 Å². The summed E-state index contributed by atoms with van der Waals surface area (Å²) >= 11 is 2.63. The highest BCUT2D eigenvalue weighted by Crippen LogP contribution is 2.18. The lowest BCUT2D eigenvalue weighted by Gasteiger charge is -2.06. The second kappa shape index (κ2) is 9.28. The van der Waals surface area contributed by atoms with Crippen LogP contribution in [0.15, 0.2) is 45.4 Å². The maximum atomic E-state index is 11.8. The molecule has 3 amide bonds. The standard InChI is InChI=1S/C17H17N5O3S2/c1-11-19-13(9-26-11)7-15-21-22-17(25-15)27-10-14(23)20-16(24)18-8-12-5-3-2-4-6-12/h2-6,9H,7-8,10H2,1H3,(H2,18,20,23,24). The first-order valence-electron chi connectivity index (χ1n) is 8.06. The number of hydrogen-bond acceptors (Lipinski definition) is 8. The van der Waals surface area contributed by atoms with Crippen molar-refractivity contribution in [1.29, 1.82) is 0 Å². The molecular weight excluding hydrogens is 386 g/mol. The molecule has 0 aliphatic rings. The van der Waals surface area contributed by atoms with Crippen LogP contribution < -0.4 is 10.6 Å². The van der Waals surface area contributed by atoms with Gasteiger partial charge in [0.05, 0.1) is 22.9 Å². The highest BCUT2D eigenvalue weighted by molar-refractivity contribution is 7.99. The Morgan fingerprint density at radius 3 is 2.78 bits per heavy atom. The van der Waals surface area contributed by atoms with Gasteiger partial charge in [-0.2, -0.15) is 0 Å². The highest BCUT2D eigenvalue weighted by Gasteiger charge is 2.13. The summed E-state index contributed by atoms with van der Waals surface area (Å²) in [5.74, 6) is -0.0137. The highest BCUT2D eigenvalue weighted by atomic mass is 32.2. The number of rotatable bonds is 7. The maximum absolute atomic E-state index is 11.8. The molecule has 8 nitrogen and oxygen atoms in total. The second-order valence-corrected chi connectivity index (χ2v) is 7.49. The molecular formula is C17H17N5O3S2. The van der Waals surface area contributed by atoms with Gasteiger partial charge in [0.25, 0.3) is 5.22 Å². The van der Waals surface area contributed by atoms with Crippen molar-refractivity contribution in [3.05, 3.63) is 57.9 Å². The fraction of sp³-hybridized carbons (Fsp3) is 0.235. The van der Waals surface area contributed by atoms with Crippen molar-refractivity contribution < 1.29 is 14.0 Å². The first kappa shape index (κ1) is 19.1. The molecule has 0 spiro atoms. The summed E-state index contributed by atoms with van der Waals surface area (Å²) in [6.07, 6.45) is 0.450. The van der Waals surface area contributed by atoms with Gasteiger partial charge in [-0.1, -0.05) is 42.1 Å². The molecule has 0 atom stereocenters. The van der Waals surface area contributed by atoms with Gasteiger partial charge in [-0.3, -0.25) is 10.1 Å². The Hall–Kier alpha value is -2.72. The minimum Gasteiger partial charge on any atom is -0.416 e. The Bertz CT molecular complexity index is 910. The number of aryl methyl sites for hydroxylation is 1. The number of hydrogen-bond donors (Lipinski definition) is 2. The maximum Gasteiger partial charge on any atom is 0.321 e. The Kier molecular flexibility index (Phi) is 6.55. The summed E-state index contributed by atoms with van der Waals surface area (Å²) in [5, 5.41) is 15.9. The van der Waals surface area contributed by atoms with Crippen LogP contribution in [0, 0.1) is 6.92 Å². The van der Waals surface area contributed by atoms with Crippen LogP contribution in [-0.4, -0.2) is 32.9 Å². The predicted octanol–water partition coefficient (Wildman–Crippen LogP) is 2.54. The van der Waals surface area contributed by atoms with Gasteiger partial charge in [0.2, 0.25) is 11.8 Å². The molecule has 140 valence electrons. The van der Waals surface area contributed by atoms with E-state index in [1.165, 1.54) is 0 Å². The molecule has 0 fully saturated rings. The lowest BCUT2D eigenvalue weighted by atomic mass is 10.2. The Balaban J connectivity index is 1.39. The summed E-state index contributed by atoms with van der Waals surface area (Å²) < 4.78 is 5.48. The van der Waals surface area contributed by atoms with Crippen molar-refractivity contribution in [1.82, 2.24) is 25.8 Å². The molecule has 0 saturated carbocycles. The number of benzene rings is 1. The lowest BCUT2D eigenvalue weighted by molar-refractivity contribution is -0.117. The van der Waals surface area contributed by atoms with Gasteiger partial charge in [0, 0.05) is 11.9 Å². The van der Waals surface area contributed by atoms with E-state index in [-0.39, 0.29) is 11.0 Å². The fourth-order valence-electron chi connectivity index (χ4n) is 2.12. The number of carbonyl (C=O) groups is 2. The Morgan fingerprint density at radius 2 is 2.04 bits per heavy atom. The number of nitrogens with one attached hydrogen (secondary N) is 2. The van der Waals surface area contributed by atoms with Gasteiger partial charge in [-0.15, -0.1) is 21.5 Å². The van der Waals surface area contributed by atoms with Crippen molar-refractivity contribution in [3.8, 4) is 0 Å². The Morgan fingerprint density at radius 1 is 1.22 bits per heavy atom. The van der Waals surface area contributed by atoms with E-state index >= 15 is 0 Å². The third-order valence-electron chi connectivity index (χ3n) is 3.32. The molecule has 0 unspecified atom stereocenters. The summed E-state index contributed by atoms with van der Waals surface area (Å²) in [7, 11) is 0. The van der Waals surface area contributed by atoms with Gasteiger partial charge in [0.15, 0.2) is 0 Å². The fourth-order valence-corrected chi connectivity index (χ4v) is 3.32. The average Bonchev–Trinajstić information content (AvgIpc) is 3.28. The topological polar surface area (TPSA) is 110 Å². The molecule has 0 radical (unpaired) electrons. The van der Waals surface area contributed by atoms with Crippen molar-refractivity contribution >= 4 is 35.0 Å². The largest absolute Gasteiger partial charge is 0.416 e. The molecule has 27 heavy (non-hydrogen) atoms. The third-order valence-corrected chi connectivity index (χ3v) is 4.96. The molecule has 0 aliphatic carbocycles. The first-order valence-corrected chi connectivity index (χ1v) is 9.93. The van der Waals surface area contributed by atoms with Gasteiger partial charge >= 0.3 is 6.03 Å². The van der Waals surface area contributed by atoms with E-state index in [4.69, 9.17) is 4.42 Å². The molecule has 0 bridgehead atoms. The van der Waals surface area contributed by atoms with Crippen LogP contribution in [0.4, 0.5) is 4.79 Å². The lowest BCUT2D eigenvalue weighted by Crippen LogP contribution is -2.39. The van der Waals surface area contributed by atoms with E-state index < -0.39 is 11.9 Å². The van der Waals surface area contributed by atoms with Crippen LogP contribution in [0.1, 0.15) is 22.2 Å². The minimum atomic E-state index is -0.547. The average molecular weight is 403 g/mol. The van der Waals surface area contributed by atoms with Gasteiger partial charge in [-0.25, -0.2) is 9.78 Å². The monoisotopic (exact) mass is 403 g/mol. The number of nitrogens with zero attached hydrogens (tertiary/aromatic N) is 3. The van der Waals surface area contributed by atoms with E-state index in [9.17, 15) is 9.59 Å². The van der Waals surface area contributed by atoms with Crippen molar-refractivity contribution in [3.63, 3.8) is 0 Å². The van der Waals surface area contributed by atoms with E-state index in [0.29, 0.717) is 18.9 Å². The predicted molar refractivity (Wildman–Crippen MR) is 101 cm³/mol. The zero-order chi connectivity index (χ0) is 19.1. The van der Waals surface area contributed by atoms with Gasteiger partial charge < -0.3 is 9.73 Å². The molecule has 0 saturated heterocycles. The van der Waals surface area contributed by atoms with Crippen LogP contribution >= 0.6 is 23.1 Å². The number of carbonyl (C=O) groups excluding carboxylic acids is 2. The summed E-state index contributed by atoms with van der Waals surface area (Å²) in [5.41, 5.74) is 1.81. The molecule has 2 heterocycles. The van der Waals surface area contributed by atoms with Crippen LogP contribution in [0.25, 0.3) is 0 Å². The first-order chi connectivity index (χ1) is 13.1. The number of thioether (sulfide) groups is 1. The minimum absolute atomic E-state index is 0.00377. The molecule has 1 aromatic carbocycles. The molecule has 0 aliphatic heterocycles. The van der Waals surface area contributed by atoms with Crippen LogP contribution in [-0.2, 0) is 17.8 Å². The van der Waals surface area contributed by atoms with E-state index in [1.54, 1.807) is 11.3 Å². The van der Waals surface area contributed by atoms with Gasteiger partial charge in [0.1, 0.15) is 0 Å². The Labute approximate surface area is 163 Å². The normalized spacial score (nSPS) is 10.6. The summed E-state index contributed by atoms with van der Waals surface area (Å²) in [4.78, 5) is 27.9. The van der Waals surface area contributed by atoms with E-state index in [1.807, 2.05) is 42.6 Å². The smallest absolute Gasteiger partial charge is 0.321 e. The summed E-state index contributed by atoms with van der Waals surface area (Å²) in [6.45, 7) is 2.27. The molecule has 10 heteroatoms. The summed E-state index contributed by atoms with van der Waals surface area (Å²) in [6, 6.07) is 8.88. The third kappa shape index (κ3) is 6.19. The quantitative estimate of drug-likeness (QED) is 0.583. The van der Waals surface area contributed by atoms with E-state index in [2.05, 4.69) is 25.8 Å². The number of urea groups is 1. The zero-order valence-electron chi connectivity index (χ0n) is 14.5. The van der Waals surface area contributed by atoms with Crippen LogP contribution in [0.5, 0.6) is 0 Å². The van der Waals surface area contributed by atoms with Crippen LogP contribution in [0.2, 0.25) is 0 Å². The number of aromatic nitrogens is 3. The van der Waals surface area contributed by atoms with Crippen molar-refractivity contribution in [2.24, 2.45) is 0 Å². The molecule has 3 rings (SSSR count). The molecule has 2 N–H and O–H groups in total. The number of thiazole rings is 1. The van der Waals surface area contributed by atoms with Crippen LogP contribution in [0.3, 0.4) is 0 Å². The second-order valence-electron chi connectivity index (χ2n) is 5.50. The van der Waals surface area contributed by atoms with Crippen molar-refractivity contribution in [2.45, 2.75) is 25.1 Å². The number of imide groups is 1. The molecule has 3 aromatic rings.